The van der Waals surface area contributed by atoms with Crippen molar-refractivity contribution in [1.82, 2.24) is 14.8 Å². The smallest absolute Gasteiger partial charge is 0.230 e. The van der Waals surface area contributed by atoms with Crippen LogP contribution in [0.4, 0.5) is 5.69 Å². The molecule has 2 aliphatic heterocycles. The highest BCUT2D eigenvalue weighted by Gasteiger charge is 2.30. The number of nitrogens with zero attached hydrogens (tertiary/aromatic N) is 4. The summed E-state index contributed by atoms with van der Waals surface area (Å²) in [5.41, 5.74) is 0.848. The van der Waals surface area contributed by atoms with Gasteiger partial charge >= 0.3 is 0 Å². The Morgan fingerprint density at radius 1 is 1.06 bits per heavy atom. The third-order valence-corrected chi connectivity index (χ3v) is 7.25. The van der Waals surface area contributed by atoms with Gasteiger partial charge in [-0.05, 0) is 69.0 Å². The van der Waals surface area contributed by atoms with Gasteiger partial charge in [0, 0.05) is 68.7 Å². The number of anilines is 1. The highest BCUT2D eigenvalue weighted by Crippen LogP contribution is 2.26. The first-order valence-corrected chi connectivity index (χ1v) is 13.0. The Bertz CT molecular complexity index is 973. The summed E-state index contributed by atoms with van der Waals surface area (Å²) < 4.78 is 6.08. The molecule has 8 heteroatoms. The number of amides is 2. The molecule has 1 aromatic carbocycles. The Kier molecular flexibility index (Phi) is 8.99. The van der Waals surface area contributed by atoms with E-state index in [1.165, 1.54) is 0 Å². The summed E-state index contributed by atoms with van der Waals surface area (Å²) in [6.07, 6.45) is 8.04. The summed E-state index contributed by atoms with van der Waals surface area (Å²) in [6.45, 7) is 6.45. The van der Waals surface area contributed by atoms with Crippen molar-refractivity contribution < 1.29 is 14.3 Å². The zero-order valence-corrected chi connectivity index (χ0v) is 21.2. The molecule has 2 aromatic rings. The van der Waals surface area contributed by atoms with Gasteiger partial charge in [-0.15, -0.1) is 0 Å². The minimum atomic E-state index is -0.0642. The minimum Gasteiger partial charge on any atom is -0.490 e. The van der Waals surface area contributed by atoms with Crippen LogP contribution < -0.4 is 9.64 Å². The van der Waals surface area contributed by atoms with Gasteiger partial charge in [-0.1, -0.05) is 17.7 Å². The molecule has 0 N–H and O–H groups in total. The van der Waals surface area contributed by atoms with Crippen LogP contribution in [0.15, 0.2) is 48.8 Å². The van der Waals surface area contributed by atoms with Gasteiger partial charge in [0.1, 0.15) is 11.9 Å². The molecule has 2 fully saturated rings. The summed E-state index contributed by atoms with van der Waals surface area (Å²) in [5.74, 6) is 1.03. The van der Waals surface area contributed by atoms with E-state index in [9.17, 15) is 9.59 Å². The van der Waals surface area contributed by atoms with Crippen LogP contribution in [0.5, 0.6) is 5.75 Å². The summed E-state index contributed by atoms with van der Waals surface area (Å²) >= 11 is 6.26. The molecule has 2 amide bonds. The maximum Gasteiger partial charge on any atom is 0.230 e. The number of benzene rings is 1. The number of likely N-dealkylation sites (tertiary alicyclic amines) is 2. The summed E-state index contributed by atoms with van der Waals surface area (Å²) in [6, 6.07) is 11.3. The highest BCUT2D eigenvalue weighted by atomic mass is 35.5. The Balaban J connectivity index is 1.29. The normalized spacial score (nSPS) is 17.8. The highest BCUT2D eigenvalue weighted by molar-refractivity contribution is 6.30. The van der Waals surface area contributed by atoms with E-state index < -0.39 is 0 Å². The molecule has 35 heavy (non-hydrogen) atoms. The average molecular weight is 499 g/mol. The van der Waals surface area contributed by atoms with Crippen molar-refractivity contribution in [1.29, 1.82) is 0 Å². The quantitative estimate of drug-likeness (QED) is 0.544. The SMILES string of the molecule is CC(=O)N1CCC(C(=O)N(CCCN2CCC(Oc3ccncc3)CC2)c2cccc(Cl)c2)CC1. The molecule has 0 radical (unpaired) electrons. The number of hydrogen-bond donors (Lipinski definition) is 0. The largest absolute Gasteiger partial charge is 0.490 e. The van der Waals surface area contributed by atoms with Crippen LogP contribution in [0, 0.1) is 5.92 Å². The van der Waals surface area contributed by atoms with Crippen LogP contribution in [0.1, 0.15) is 39.0 Å². The van der Waals surface area contributed by atoms with E-state index in [2.05, 4.69) is 9.88 Å². The molecule has 7 nitrogen and oxygen atoms in total. The molecule has 2 aliphatic rings. The average Bonchev–Trinajstić information content (AvgIpc) is 2.88. The molecule has 0 aliphatic carbocycles. The van der Waals surface area contributed by atoms with Crippen molar-refractivity contribution in [3.63, 3.8) is 0 Å². The topological polar surface area (TPSA) is 66.0 Å². The van der Waals surface area contributed by atoms with Crippen LogP contribution in [0.3, 0.4) is 0 Å². The van der Waals surface area contributed by atoms with Gasteiger partial charge in [0.25, 0.3) is 0 Å². The number of piperidine rings is 2. The second-order valence-electron chi connectivity index (χ2n) is 9.45. The van der Waals surface area contributed by atoms with E-state index in [4.69, 9.17) is 16.3 Å². The molecule has 0 spiro atoms. The van der Waals surface area contributed by atoms with Gasteiger partial charge in [0.2, 0.25) is 11.8 Å². The van der Waals surface area contributed by atoms with Crippen molar-refractivity contribution in [2.45, 2.75) is 45.1 Å². The second-order valence-corrected chi connectivity index (χ2v) is 9.88. The molecular formula is C27H35ClN4O3. The molecular weight excluding hydrogens is 464 g/mol. The number of hydrogen-bond acceptors (Lipinski definition) is 5. The number of carbonyl (C=O) groups excluding carboxylic acids is 2. The number of rotatable bonds is 8. The van der Waals surface area contributed by atoms with Gasteiger partial charge in [-0.25, -0.2) is 0 Å². The second kappa shape index (κ2) is 12.4. The third kappa shape index (κ3) is 7.18. The zero-order chi connectivity index (χ0) is 24.6. The van der Waals surface area contributed by atoms with Gasteiger partial charge in [0.05, 0.1) is 0 Å². The third-order valence-electron chi connectivity index (χ3n) is 7.02. The fourth-order valence-corrected chi connectivity index (χ4v) is 5.17. The monoisotopic (exact) mass is 498 g/mol. The predicted octanol–water partition coefficient (Wildman–Crippen LogP) is 4.26. The van der Waals surface area contributed by atoms with Gasteiger partial charge in [0.15, 0.2) is 0 Å². The van der Waals surface area contributed by atoms with Crippen molar-refractivity contribution >= 4 is 29.1 Å². The lowest BCUT2D eigenvalue weighted by atomic mass is 9.94. The lowest BCUT2D eigenvalue weighted by Gasteiger charge is -2.35. The van der Waals surface area contributed by atoms with Crippen LogP contribution in [-0.2, 0) is 9.59 Å². The molecule has 3 heterocycles. The van der Waals surface area contributed by atoms with Crippen molar-refractivity contribution in [3.8, 4) is 5.75 Å². The number of aromatic nitrogens is 1. The first-order chi connectivity index (χ1) is 17.0. The molecule has 0 bridgehead atoms. The number of ether oxygens (including phenoxy) is 1. The Hall–Kier alpha value is -2.64. The molecule has 188 valence electrons. The number of halogens is 1. The predicted molar refractivity (Wildman–Crippen MR) is 138 cm³/mol. The van der Waals surface area contributed by atoms with E-state index in [0.29, 0.717) is 37.5 Å². The molecule has 0 unspecified atom stereocenters. The molecule has 0 saturated carbocycles. The fraction of sp³-hybridized carbons (Fsp3) is 0.519. The van der Waals surface area contributed by atoms with Crippen molar-refractivity contribution in [3.05, 3.63) is 53.8 Å². The van der Waals surface area contributed by atoms with Crippen LogP contribution in [0.2, 0.25) is 5.02 Å². The maximum atomic E-state index is 13.5. The molecule has 0 atom stereocenters. The Morgan fingerprint density at radius 3 is 2.43 bits per heavy atom. The number of pyridine rings is 1. The standard InChI is InChI=1S/C27H35ClN4O3/c1-21(33)31-18-8-22(9-19-31)27(34)32(24-5-2-4-23(28)20-24)15-3-14-30-16-10-26(11-17-30)35-25-6-12-29-13-7-25/h2,4-7,12-13,20,22,26H,3,8-11,14-19H2,1H3. The summed E-state index contributed by atoms with van der Waals surface area (Å²) in [5, 5.41) is 0.628. The van der Waals surface area contributed by atoms with E-state index in [1.807, 2.05) is 46.2 Å². The van der Waals surface area contributed by atoms with Gasteiger partial charge < -0.3 is 19.4 Å². The molecule has 4 rings (SSSR count). The van der Waals surface area contributed by atoms with Crippen LogP contribution in [0.25, 0.3) is 0 Å². The maximum absolute atomic E-state index is 13.5. The fourth-order valence-electron chi connectivity index (χ4n) is 4.98. The lowest BCUT2D eigenvalue weighted by Crippen LogP contribution is -2.45. The summed E-state index contributed by atoms with van der Waals surface area (Å²) in [4.78, 5) is 35.4. The van der Waals surface area contributed by atoms with Crippen molar-refractivity contribution in [2.24, 2.45) is 5.92 Å². The first kappa shape index (κ1) is 25.5. The van der Waals surface area contributed by atoms with Gasteiger partial charge in [-0.3, -0.25) is 14.6 Å². The molecule has 2 saturated heterocycles. The Labute approximate surface area is 213 Å². The van der Waals surface area contributed by atoms with E-state index >= 15 is 0 Å². The Morgan fingerprint density at radius 2 is 1.77 bits per heavy atom. The number of carbonyl (C=O) groups is 2. The first-order valence-electron chi connectivity index (χ1n) is 12.6. The van der Waals surface area contributed by atoms with E-state index in [-0.39, 0.29) is 23.8 Å². The summed E-state index contributed by atoms with van der Waals surface area (Å²) in [7, 11) is 0. The lowest BCUT2D eigenvalue weighted by molar-refractivity contribution is -0.133. The zero-order valence-electron chi connectivity index (χ0n) is 20.4. The van der Waals surface area contributed by atoms with Gasteiger partial charge in [-0.2, -0.15) is 0 Å². The molecule has 1 aromatic heterocycles. The minimum absolute atomic E-state index is 0.0642. The van der Waals surface area contributed by atoms with Crippen LogP contribution >= 0.6 is 11.6 Å². The van der Waals surface area contributed by atoms with E-state index in [0.717, 1.165) is 50.3 Å². The van der Waals surface area contributed by atoms with Crippen LogP contribution in [-0.4, -0.2) is 72.0 Å². The van der Waals surface area contributed by atoms with E-state index in [1.54, 1.807) is 19.3 Å². The van der Waals surface area contributed by atoms with Crippen molar-refractivity contribution in [2.75, 3.05) is 44.2 Å².